The van der Waals surface area contributed by atoms with Gasteiger partial charge in [-0.2, -0.15) is 5.10 Å². The van der Waals surface area contributed by atoms with Crippen molar-refractivity contribution >= 4 is 5.91 Å². The maximum absolute atomic E-state index is 13.0. The average molecular weight is 312 g/mol. The Kier molecular flexibility index (Phi) is 4.76. The lowest BCUT2D eigenvalue weighted by atomic mass is 10.0. The monoisotopic (exact) mass is 312 g/mol. The lowest BCUT2D eigenvalue weighted by Crippen LogP contribution is -2.41. The maximum Gasteiger partial charge on any atom is 0.254 e. The van der Waals surface area contributed by atoms with Crippen molar-refractivity contribution in [2.24, 2.45) is 0 Å². The number of likely N-dealkylation sites (tertiary alicyclic amines) is 1. The number of hydrogen-bond acceptors (Lipinski definition) is 3. The summed E-state index contributed by atoms with van der Waals surface area (Å²) in [7, 11) is 4.05. The van der Waals surface area contributed by atoms with Crippen molar-refractivity contribution in [1.82, 2.24) is 19.6 Å². The molecular formula is C18H24N4O. The summed E-state index contributed by atoms with van der Waals surface area (Å²) in [6.07, 6.45) is 5.88. The number of carbonyl (C=O) groups excluding carboxylic acids is 1. The molecule has 0 aliphatic carbocycles. The summed E-state index contributed by atoms with van der Waals surface area (Å²) < 4.78 is 1.98. The van der Waals surface area contributed by atoms with Crippen LogP contribution in [0.2, 0.25) is 0 Å². The zero-order valence-electron chi connectivity index (χ0n) is 13.9. The lowest BCUT2D eigenvalue weighted by Gasteiger charge is -2.33. The van der Waals surface area contributed by atoms with Gasteiger partial charge in [-0.1, -0.05) is 18.2 Å². The number of aromatic nitrogens is 2. The summed E-state index contributed by atoms with van der Waals surface area (Å²) in [4.78, 5) is 17.1. The fraction of sp³-hybridized carbons (Fsp3) is 0.444. The molecule has 0 N–H and O–H groups in total. The number of rotatable bonds is 4. The van der Waals surface area contributed by atoms with Crippen molar-refractivity contribution in [3.05, 3.63) is 53.9 Å². The first-order valence-electron chi connectivity index (χ1n) is 8.16. The highest BCUT2D eigenvalue weighted by molar-refractivity contribution is 5.95. The minimum atomic E-state index is 0.138. The normalized spacial score (nSPS) is 18.4. The van der Waals surface area contributed by atoms with Gasteiger partial charge in [-0.3, -0.25) is 9.48 Å². The smallest absolute Gasteiger partial charge is 0.254 e. The largest absolute Gasteiger partial charge is 0.336 e. The van der Waals surface area contributed by atoms with E-state index in [1.54, 1.807) is 6.20 Å². The van der Waals surface area contributed by atoms with E-state index in [1.807, 2.05) is 60.2 Å². The predicted octanol–water partition coefficient (Wildman–Crippen LogP) is 2.42. The van der Waals surface area contributed by atoms with Crippen LogP contribution in [0.4, 0.5) is 0 Å². The third-order valence-corrected chi connectivity index (χ3v) is 4.32. The Morgan fingerprint density at radius 2 is 2.13 bits per heavy atom. The van der Waals surface area contributed by atoms with Gasteiger partial charge in [0.05, 0.1) is 6.04 Å². The summed E-state index contributed by atoms with van der Waals surface area (Å²) in [5, 5.41) is 4.34. The fourth-order valence-corrected chi connectivity index (χ4v) is 3.23. The SMILES string of the molecule is CN(C)Cc1ccccc1C(=O)N1CCCC(n2cccn2)C1. The number of hydrogen-bond donors (Lipinski definition) is 0. The van der Waals surface area contributed by atoms with Gasteiger partial charge >= 0.3 is 0 Å². The standard InChI is InChI=1S/C18H24N4O/c1-20(2)13-15-7-3-4-9-17(15)18(23)21-11-5-8-16(14-21)22-12-6-10-19-22/h3-4,6-7,9-10,12,16H,5,8,11,13-14H2,1-2H3. The molecule has 0 radical (unpaired) electrons. The lowest BCUT2D eigenvalue weighted by molar-refractivity contribution is 0.0671. The minimum Gasteiger partial charge on any atom is -0.336 e. The first-order valence-corrected chi connectivity index (χ1v) is 8.16. The number of benzene rings is 1. The molecule has 1 fully saturated rings. The Morgan fingerprint density at radius 3 is 2.87 bits per heavy atom. The molecule has 1 atom stereocenters. The molecule has 0 bridgehead atoms. The van der Waals surface area contributed by atoms with Gasteiger partial charge in [-0.25, -0.2) is 0 Å². The van der Waals surface area contributed by atoms with Crippen molar-refractivity contribution in [2.75, 3.05) is 27.2 Å². The fourth-order valence-electron chi connectivity index (χ4n) is 3.23. The van der Waals surface area contributed by atoms with E-state index < -0.39 is 0 Å². The van der Waals surface area contributed by atoms with Gasteiger partial charge in [0, 0.05) is 37.6 Å². The summed E-state index contributed by atoms with van der Waals surface area (Å²) in [6, 6.07) is 10.1. The summed E-state index contributed by atoms with van der Waals surface area (Å²) in [5.74, 6) is 0.138. The summed E-state index contributed by atoms with van der Waals surface area (Å²) in [6.45, 7) is 2.34. The molecule has 5 nitrogen and oxygen atoms in total. The second-order valence-corrected chi connectivity index (χ2v) is 6.43. The van der Waals surface area contributed by atoms with Gasteiger partial charge in [0.1, 0.15) is 0 Å². The third kappa shape index (κ3) is 3.62. The highest BCUT2D eigenvalue weighted by Crippen LogP contribution is 2.23. The van der Waals surface area contributed by atoms with Crippen molar-refractivity contribution < 1.29 is 4.79 Å². The molecule has 0 spiro atoms. The van der Waals surface area contributed by atoms with Gasteiger partial charge in [0.2, 0.25) is 0 Å². The maximum atomic E-state index is 13.0. The van der Waals surface area contributed by atoms with Crippen LogP contribution in [0.25, 0.3) is 0 Å². The number of nitrogens with zero attached hydrogens (tertiary/aromatic N) is 4. The Morgan fingerprint density at radius 1 is 1.30 bits per heavy atom. The van der Waals surface area contributed by atoms with Crippen LogP contribution in [0.5, 0.6) is 0 Å². The second-order valence-electron chi connectivity index (χ2n) is 6.43. The van der Waals surface area contributed by atoms with Crippen molar-refractivity contribution in [3.8, 4) is 0 Å². The molecule has 2 heterocycles. The molecule has 1 saturated heterocycles. The Hall–Kier alpha value is -2.14. The summed E-state index contributed by atoms with van der Waals surface area (Å²) >= 11 is 0. The Labute approximate surface area is 137 Å². The second kappa shape index (κ2) is 6.96. The molecule has 1 unspecified atom stereocenters. The van der Waals surface area contributed by atoms with Crippen LogP contribution in [0.1, 0.15) is 34.8 Å². The predicted molar refractivity (Wildman–Crippen MR) is 90.2 cm³/mol. The number of amides is 1. The van der Waals surface area contributed by atoms with Crippen LogP contribution in [-0.4, -0.2) is 52.7 Å². The highest BCUT2D eigenvalue weighted by Gasteiger charge is 2.26. The van der Waals surface area contributed by atoms with Crippen molar-refractivity contribution in [3.63, 3.8) is 0 Å². The van der Waals surface area contributed by atoms with Crippen LogP contribution >= 0.6 is 0 Å². The first-order chi connectivity index (χ1) is 11.1. The molecule has 1 aliphatic heterocycles. The molecule has 5 heteroatoms. The van der Waals surface area contributed by atoms with Gasteiger partial charge in [-0.15, -0.1) is 0 Å². The van der Waals surface area contributed by atoms with Gasteiger partial charge in [0.25, 0.3) is 5.91 Å². The van der Waals surface area contributed by atoms with Crippen LogP contribution in [0, 0.1) is 0 Å². The van der Waals surface area contributed by atoms with Gasteiger partial charge < -0.3 is 9.80 Å². The first kappa shape index (κ1) is 15.7. The summed E-state index contributed by atoms with van der Waals surface area (Å²) in [5.41, 5.74) is 1.91. The average Bonchev–Trinajstić information content (AvgIpc) is 3.09. The Bertz CT molecular complexity index is 651. The molecule has 0 saturated carbocycles. The van der Waals surface area contributed by atoms with E-state index in [2.05, 4.69) is 10.00 Å². The van der Waals surface area contributed by atoms with E-state index in [9.17, 15) is 4.79 Å². The zero-order valence-corrected chi connectivity index (χ0v) is 13.9. The highest BCUT2D eigenvalue weighted by atomic mass is 16.2. The molecule has 1 aliphatic rings. The third-order valence-electron chi connectivity index (χ3n) is 4.32. The quantitative estimate of drug-likeness (QED) is 0.870. The van der Waals surface area contributed by atoms with E-state index in [0.717, 1.165) is 43.6 Å². The topological polar surface area (TPSA) is 41.4 Å². The molecule has 1 aromatic heterocycles. The molecule has 23 heavy (non-hydrogen) atoms. The van der Waals surface area contributed by atoms with Crippen LogP contribution < -0.4 is 0 Å². The molecule has 1 amide bonds. The van der Waals surface area contributed by atoms with Crippen LogP contribution in [-0.2, 0) is 6.54 Å². The molecule has 3 rings (SSSR count). The molecule has 2 aromatic rings. The molecular weight excluding hydrogens is 288 g/mol. The molecule has 122 valence electrons. The van der Waals surface area contributed by atoms with Crippen LogP contribution in [0.3, 0.4) is 0 Å². The van der Waals surface area contributed by atoms with E-state index in [1.165, 1.54) is 0 Å². The minimum absolute atomic E-state index is 0.138. The van der Waals surface area contributed by atoms with E-state index in [4.69, 9.17) is 0 Å². The van der Waals surface area contributed by atoms with E-state index in [0.29, 0.717) is 0 Å². The zero-order chi connectivity index (χ0) is 16.2. The van der Waals surface area contributed by atoms with Gasteiger partial charge in [-0.05, 0) is 44.6 Å². The van der Waals surface area contributed by atoms with E-state index >= 15 is 0 Å². The molecule has 1 aromatic carbocycles. The van der Waals surface area contributed by atoms with Crippen molar-refractivity contribution in [1.29, 1.82) is 0 Å². The Balaban J connectivity index is 1.77. The number of carbonyl (C=O) groups is 1. The number of piperidine rings is 1. The van der Waals surface area contributed by atoms with Crippen molar-refractivity contribution in [2.45, 2.75) is 25.4 Å². The van der Waals surface area contributed by atoms with E-state index in [-0.39, 0.29) is 11.9 Å². The van der Waals surface area contributed by atoms with Crippen LogP contribution in [0.15, 0.2) is 42.7 Å². The van der Waals surface area contributed by atoms with Gasteiger partial charge in [0.15, 0.2) is 0 Å².